The number of likely N-dealkylation sites (tertiary alicyclic amines) is 3. The number of benzene rings is 2. The molecule has 3 aliphatic rings. The van der Waals surface area contributed by atoms with Crippen LogP contribution in [0, 0.1) is 11.8 Å². The van der Waals surface area contributed by atoms with Gasteiger partial charge in [-0.15, -0.1) is 0 Å². The molecule has 0 unspecified atom stereocenters. The lowest BCUT2D eigenvalue weighted by Crippen LogP contribution is -2.61. The maximum atomic E-state index is 14.6. The first-order valence-electron chi connectivity index (χ1n) is 33.4. The highest BCUT2D eigenvalue weighted by Crippen LogP contribution is 2.27. The molecule has 0 aliphatic carbocycles. The van der Waals surface area contributed by atoms with Gasteiger partial charge in [-0.3, -0.25) is 62.7 Å². The molecule has 0 aromatic heterocycles. The summed E-state index contributed by atoms with van der Waals surface area (Å²) in [6.07, 6.45) is 2.41. The van der Waals surface area contributed by atoms with Crippen LogP contribution < -0.4 is 71.2 Å². The zero-order chi connectivity index (χ0) is 72.2. The van der Waals surface area contributed by atoms with E-state index in [0.717, 1.165) is 4.90 Å². The van der Waals surface area contributed by atoms with Crippen molar-refractivity contribution < 1.29 is 72.9 Å². The predicted molar refractivity (Wildman–Crippen MR) is 360 cm³/mol. The van der Waals surface area contributed by atoms with E-state index >= 15 is 0 Å². The second-order valence-electron chi connectivity index (χ2n) is 25.3. The van der Waals surface area contributed by atoms with Gasteiger partial charge in [-0.1, -0.05) is 94.8 Å². The summed E-state index contributed by atoms with van der Waals surface area (Å²) in [5.41, 5.74) is 29.2. The molecule has 33 heteroatoms. The van der Waals surface area contributed by atoms with E-state index in [0.29, 0.717) is 43.2 Å². The van der Waals surface area contributed by atoms with Crippen molar-refractivity contribution in [1.29, 1.82) is 0 Å². The number of rotatable bonds is 38. The molecule has 21 N–H and O–H groups in total. The summed E-state index contributed by atoms with van der Waals surface area (Å²) in [7, 11) is 0. The monoisotopic (exact) mass is 1370 g/mol. The van der Waals surface area contributed by atoms with Gasteiger partial charge in [-0.2, -0.15) is 0 Å². The minimum Gasteiger partial charge on any atom is -0.480 e. The molecule has 2 aromatic carbocycles. The van der Waals surface area contributed by atoms with Crippen LogP contribution in [0.15, 0.2) is 70.6 Å². The third kappa shape index (κ3) is 24.2. The normalized spacial score (nSPS) is 18.6. The first kappa shape index (κ1) is 79.2. The molecule has 0 radical (unpaired) electrons. The molecule has 3 heterocycles. The van der Waals surface area contributed by atoms with E-state index in [1.807, 2.05) is 13.8 Å². The smallest absolute Gasteiger partial charge is 0.326 e. The van der Waals surface area contributed by atoms with Crippen LogP contribution in [0.3, 0.4) is 0 Å². The number of hydrogen-bond acceptors (Lipinski definition) is 17. The van der Waals surface area contributed by atoms with Crippen LogP contribution in [0.2, 0.25) is 0 Å². The van der Waals surface area contributed by atoms with Gasteiger partial charge in [0.2, 0.25) is 65.0 Å². The average molecular weight is 1370 g/mol. The Balaban J connectivity index is 1.24. The van der Waals surface area contributed by atoms with Crippen molar-refractivity contribution in [2.24, 2.45) is 50.5 Å². The number of guanidine groups is 2. The number of hydrogen-bond donors (Lipinski definition) is 16. The van der Waals surface area contributed by atoms with E-state index in [1.54, 1.807) is 74.5 Å². The van der Waals surface area contributed by atoms with Crippen molar-refractivity contribution in [3.8, 4) is 0 Å². The van der Waals surface area contributed by atoms with Crippen molar-refractivity contribution in [1.82, 2.24) is 57.2 Å². The fraction of sp³-hybridized carbons (Fsp3) is 0.600. The van der Waals surface area contributed by atoms with E-state index < -0.39 is 163 Å². The first-order valence-corrected chi connectivity index (χ1v) is 33.4. The van der Waals surface area contributed by atoms with E-state index in [2.05, 4.69) is 52.5 Å². The number of carboxylic acid groups (broad SMARTS) is 1. The Morgan fingerprint density at radius 3 is 1.49 bits per heavy atom. The highest BCUT2D eigenvalue weighted by molar-refractivity contribution is 5.99. The zero-order valence-electron chi connectivity index (χ0n) is 56.2. The first-order chi connectivity index (χ1) is 46.7. The third-order valence-electron chi connectivity index (χ3n) is 17.4. The Labute approximate surface area is 569 Å². The van der Waals surface area contributed by atoms with E-state index in [-0.39, 0.29) is 108 Å². The molecule has 0 saturated carbocycles. The molecule has 0 spiro atoms. The molecular formula is C65H100N18O15. The highest BCUT2D eigenvalue weighted by atomic mass is 16.4. The van der Waals surface area contributed by atoms with Gasteiger partial charge < -0.3 is 101 Å². The summed E-state index contributed by atoms with van der Waals surface area (Å²) >= 11 is 0. The highest BCUT2D eigenvalue weighted by Gasteiger charge is 2.45. The Hall–Kier alpha value is -9.50. The van der Waals surface area contributed by atoms with Crippen molar-refractivity contribution >= 4 is 82.9 Å². The molecule has 33 nitrogen and oxygen atoms in total. The van der Waals surface area contributed by atoms with Crippen molar-refractivity contribution in [2.45, 2.75) is 184 Å². The minimum atomic E-state index is -1.64. The fourth-order valence-corrected chi connectivity index (χ4v) is 12.0. The summed E-state index contributed by atoms with van der Waals surface area (Å²) in [6.45, 7) is 5.14. The second kappa shape index (κ2) is 39.6. The number of nitrogens with zero attached hydrogens (tertiary/aromatic N) is 5. The molecule has 2 aromatic rings. The van der Waals surface area contributed by atoms with Gasteiger partial charge in [-0.25, -0.2) is 4.79 Å². The van der Waals surface area contributed by atoms with Crippen LogP contribution >= 0.6 is 0 Å². The number of carbonyl (C=O) groups is 12. The molecule has 0 bridgehead atoms. The molecule has 540 valence electrons. The van der Waals surface area contributed by atoms with E-state index in [4.69, 9.17) is 28.7 Å². The number of aliphatic imine (C=N–C) groups is 2. The number of carbonyl (C=O) groups excluding carboxylic acids is 11. The molecule has 3 saturated heterocycles. The average Bonchev–Trinajstić information content (AvgIpc) is 1.62. The number of carboxylic acids is 1. The summed E-state index contributed by atoms with van der Waals surface area (Å²) in [4.78, 5) is 178. The van der Waals surface area contributed by atoms with Crippen molar-refractivity contribution in [2.75, 3.05) is 52.5 Å². The summed E-state index contributed by atoms with van der Waals surface area (Å²) in [5, 5.41) is 51.7. The van der Waals surface area contributed by atoms with Gasteiger partial charge in [0.15, 0.2) is 11.9 Å². The van der Waals surface area contributed by atoms with E-state index in [1.165, 1.54) is 9.80 Å². The van der Waals surface area contributed by atoms with Crippen molar-refractivity contribution in [3.05, 3.63) is 71.8 Å². The van der Waals surface area contributed by atoms with Crippen LogP contribution in [0.25, 0.3) is 0 Å². The third-order valence-corrected chi connectivity index (χ3v) is 17.4. The standard InChI is InChI=1S/C65H100N18O15/c1-5-38(4)52(80-53(87)41(66)31-37(2)3)59(93)78-46(35-84)56(90)75-42(21-12-26-71-64(67)68)60(94)83-30-16-25-50(83)62(96)82-29-14-23-48(82)57(91)73-34-51(86)74-44(32-39-17-8-6-9-18-39)54(88)79-47(36-85)61(95)81-28-15-24-49(81)58(92)77-45(33-40-19-10-7-11-20-40)55(89)76-43(63(97)98)22-13-27-72-65(69)70/h6-11,17-20,37-38,41-50,52,84-85H,5,12-16,21-36,66H2,1-4H3,(H,73,91)(H,74,86)(H,75,90)(H,76,89)(H,77,92)(H,78,93)(H,79,88)(H,80,87)(H,97,98)(H4,67,68,71)(H4,69,70,72)/t38-,41-,42-,43-,44-,45-,46-,47-,48-,49-,50-,52-/m0/s1. The Bertz CT molecular complexity index is 3120. The maximum Gasteiger partial charge on any atom is 0.326 e. The fourth-order valence-electron chi connectivity index (χ4n) is 12.0. The summed E-state index contributed by atoms with van der Waals surface area (Å²) < 4.78 is 0. The van der Waals surface area contributed by atoms with E-state index in [9.17, 15) is 72.9 Å². The molecule has 12 atom stereocenters. The molecule has 98 heavy (non-hydrogen) atoms. The lowest BCUT2D eigenvalue weighted by Gasteiger charge is -2.33. The lowest BCUT2D eigenvalue weighted by atomic mass is 9.96. The molecule has 5 rings (SSSR count). The zero-order valence-corrected chi connectivity index (χ0v) is 56.2. The predicted octanol–water partition coefficient (Wildman–Crippen LogP) is -4.45. The number of aliphatic hydroxyl groups excluding tert-OH is 2. The van der Waals surface area contributed by atoms with Gasteiger partial charge in [-0.05, 0) is 93.6 Å². The number of aliphatic hydroxyl groups is 2. The van der Waals surface area contributed by atoms with Crippen LogP contribution in [0.4, 0.5) is 0 Å². The Kier molecular flexibility index (Phi) is 32.0. The van der Waals surface area contributed by atoms with Gasteiger partial charge in [0, 0.05) is 45.6 Å². The summed E-state index contributed by atoms with van der Waals surface area (Å²) in [6, 6.07) is 3.01. The molecular weight excluding hydrogens is 1270 g/mol. The quantitative estimate of drug-likeness (QED) is 0.0171. The van der Waals surface area contributed by atoms with Crippen LogP contribution in [0.1, 0.15) is 116 Å². The van der Waals surface area contributed by atoms with Crippen LogP contribution in [0.5, 0.6) is 0 Å². The van der Waals surface area contributed by atoms with Gasteiger partial charge in [0.05, 0.1) is 25.8 Å². The number of nitrogens with two attached hydrogens (primary N) is 5. The largest absolute Gasteiger partial charge is 0.480 e. The van der Waals surface area contributed by atoms with Crippen molar-refractivity contribution in [3.63, 3.8) is 0 Å². The van der Waals surface area contributed by atoms with Crippen LogP contribution in [-0.2, 0) is 70.4 Å². The Morgan fingerprint density at radius 2 is 0.980 bits per heavy atom. The Morgan fingerprint density at radius 1 is 0.531 bits per heavy atom. The number of aliphatic carboxylic acids is 1. The van der Waals surface area contributed by atoms with Gasteiger partial charge >= 0.3 is 5.97 Å². The second-order valence-corrected chi connectivity index (χ2v) is 25.3. The molecule has 3 aliphatic heterocycles. The van der Waals surface area contributed by atoms with Gasteiger partial charge in [0.1, 0.15) is 60.4 Å². The summed E-state index contributed by atoms with van der Waals surface area (Å²) in [5.74, 6) is -10.5. The maximum absolute atomic E-state index is 14.6. The minimum absolute atomic E-state index is 0.0136. The molecule has 3 fully saturated rings. The lowest BCUT2D eigenvalue weighted by molar-refractivity contribution is -0.148. The number of amides is 11. The topological polar surface area (TPSA) is 526 Å². The SMILES string of the molecule is CC[C@H](C)[C@H](NC(=O)[C@@H](N)CC(C)C)C(=O)N[C@@H](CO)C(=O)N[C@@H](CCCN=C(N)N)C(=O)N1CCC[C@H]1C(=O)N1CCC[C@H]1C(=O)NCC(=O)N[C@@H](Cc1ccccc1)C(=O)N[C@@H](CO)C(=O)N1CCC[C@H]1C(=O)N[C@@H](Cc1ccccc1)C(=O)N[C@@H](CCCN=C(N)N)C(=O)O. The van der Waals surface area contributed by atoms with Gasteiger partial charge in [0.25, 0.3) is 0 Å². The molecule has 11 amide bonds. The number of nitrogens with one attached hydrogen (secondary N) is 8. The van der Waals surface area contributed by atoms with Crippen LogP contribution in [-0.4, -0.2) is 232 Å².